The second-order valence-electron chi connectivity index (χ2n) is 7.04. The summed E-state index contributed by atoms with van der Waals surface area (Å²) in [5, 5.41) is 13.5. The average molecular weight is 459 g/mol. The zero-order valence-electron chi connectivity index (χ0n) is 15.3. The molecule has 0 unspecified atom stereocenters. The monoisotopic (exact) mass is 459 g/mol. The summed E-state index contributed by atoms with van der Waals surface area (Å²) in [5.74, 6) is 1.97. The third-order valence-electron chi connectivity index (χ3n) is 5.42. The maximum absolute atomic E-state index is 10.0. The highest BCUT2D eigenvalue weighted by Gasteiger charge is 2.41. The molecule has 0 aromatic heterocycles. The normalized spacial score (nSPS) is 19.1. The second-order valence-corrected chi connectivity index (χ2v) is 7.04. The average Bonchev–Trinajstić information content (AvgIpc) is 3.23. The molecule has 1 aromatic carbocycles. The van der Waals surface area contributed by atoms with Crippen LogP contribution in [0.4, 0.5) is 0 Å². The Hall–Kier alpha value is -1.18. The third kappa shape index (κ3) is 4.71. The molecule has 0 atom stereocenters. The van der Waals surface area contributed by atoms with Crippen molar-refractivity contribution in [3.05, 3.63) is 23.8 Å². The Labute approximate surface area is 167 Å². The topological polar surface area (TPSA) is 57.1 Å². The van der Waals surface area contributed by atoms with Crippen molar-refractivity contribution >= 4 is 29.9 Å². The lowest BCUT2D eigenvalue weighted by Gasteiger charge is -2.26. The van der Waals surface area contributed by atoms with Crippen LogP contribution in [0, 0.1) is 5.41 Å². The van der Waals surface area contributed by atoms with Gasteiger partial charge in [0.2, 0.25) is 0 Å². The minimum atomic E-state index is 0. The summed E-state index contributed by atoms with van der Waals surface area (Å²) in [4.78, 5) is 7.17. The van der Waals surface area contributed by atoms with Crippen LogP contribution in [-0.2, 0) is 6.54 Å². The van der Waals surface area contributed by atoms with Crippen LogP contribution >= 0.6 is 24.0 Å². The van der Waals surface area contributed by atoms with Gasteiger partial charge in [0.25, 0.3) is 0 Å². The van der Waals surface area contributed by atoms with Crippen LogP contribution < -0.4 is 10.1 Å². The van der Waals surface area contributed by atoms with E-state index in [2.05, 4.69) is 17.1 Å². The van der Waals surface area contributed by atoms with E-state index in [0.717, 1.165) is 36.9 Å². The van der Waals surface area contributed by atoms with E-state index in [4.69, 9.17) is 9.73 Å². The molecule has 0 amide bonds. The summed E-state index contributed by atoms with van der Waals surface area (Å²) in [5.41, 5.74) is 1.31. The number of nitrogens with zero attached hydrogens (tertiary/aromatic N) is 2. The standard InChI is InChI=1S/C19H29N3O2.HI/c1-3-20-18(22-11-10-19(14-22)8-4-5-9-19)21-13-15-12-16(24-2)6-7-17(15)23;/h6-7,12,23H,3-5,8-11,13-14H2,1-2H3,(H,20,21);1H. The molecule has 0 bridgehead atoms. The lowest BCUT2D eigenvalue weighted by atomic mass is 9.86. The fourth-order valence-corrected chi connectivity index (χ4v) is 4.05. The van der Waals surface area contributed by atoms with Crippen LogP contribution in [0.15, 0.2) is 23.2 Å². The zero-order chi connectivity index (χ0) is 17.0. The molecule has 1 spiro atoms. The van der Waals surface area contributed by atoms with Gasteiger partial charge in [0, 0.05) is 25.2 Å². The van der Waals surface area contributed by atoms with E-state index < -0.39 is 0 Å². The number of phenolic OH excluding ortho intramolecular Hbond substituents is 1. The van der Waals surface area contributed by atoms with E-state index in [1.165, 1.54) is 32.1 Å². The first kappa shape index (κ1) is 20.1. The lowest BCUT2D eigenvalue weighted by molar-refractivity contribution is 0.309. The summed E-state index contributed by atoms with van der Waals surface area (Å²) < 4.78 is 5.24. The molecule has 6 heteroatoms. The third-order valence-corrected chi connectivity index (χ3v) is 5.42. The van der Waals surface area contributed by atoms with Gasteiger partial charge in [0.15, 0.2) is 5.96 Å². The SMILES string of the molecule is CCNC(=NCc1cc(OC)ccc1O)N1CCC2(CCCC2)C1.I. The van der Waals surface area contributed by atoms with Crippen molar-refractivity contribution in [1.82, 2.24) is 10.2 Å². The molecule has 1 aliphatic carbocycles. The predicted molar refractivity (Wildman–Crippen MR) is 112 cm³/mol. The van der Waals surface area contributed by atoms with Crippen molar-refractivity contribution in [2.45, 2.75) is 45.6 Å². The van der Waals surface area contributed by atoms with Crippen LogP contribution in [-0.4, -0.2) is 42.7 Å². The van der Waals surface area contributed by atoms with E-state index in [1.54, 1.807) is 19.2 Å². The molecular weight excluding hydrogens is 429 g/mol. The van der Waals surface area contributed by atoms with Gasteiger partial charge >= 0.3 is 0 Å². The van der Waals surface area contributed by atoms with Gasteiger partial charge in [0.1, 0.15) is 11.5 Å². The Morgan fingerprint density at radius 2 is 2.08 bits per heavy atom. The van der Waals surface area contributed by atoms with Gasteiger partial charge in [-0.05, 0) is 49.8 Å². The zero-order valence-corrected chi connectivity index (χ0v) is 17.6. The van der Waals surface area contributed by atoms with Gasteiger partial charge in [0.05, 0.1) is 13.7 Å². The summed E-state index contributed by atoms with van der Waals surface area (Å²) in [6.07, 6.45) is 6.75. The van der Waals surface area contributed by atoms with E-state index in [0.29, 0.717) is 12.0 Å². The number of ether oxygens (including phenoxy) is 1. The van der Waals surface area contributed by atoms with Crippen molar-refractivity contribution < 1.29 is 9.84 Å². The number of methoxy groups -OCH3 is 1. The first-order chi connectivity index (χ1) is 11.7. The molecule has 2 aliphatic rings. The van der Waals surface area contributed by atoms with Gasteiger partial charge in [-0.1, -0.05) is 12.8 Å². The molecule has 1 aliphatic heterocycles. The number of phenols is 1. The highest BCUT2D eigenvalue weighted by atomic mass is 127. The molecule has 1 saturated carbocycles. The molecule has 0 radical (unpaired) electrons. The first-order valence-corrected chi connectivity index (χ1v) is 9.05. The number of likely N-dealkylation sites (tertiary alicyclic amines) is 1. The van der Waals surface area contributed by atoms with E-state index in [9.17, 15) is 5.11 Å². The van der Waals surface area contributed by atoms with Crippen molar-refractivity contribution in [3.63, 3.8) is 0 Å². The summed E-state index contributed by atoms with van der Waals surface area (Å²) in [6.45, 7) is 5.60. The van der Waals surface area contributed by atoms with Crippen LogP contribution in [0.1, 0.15) is 44.6 Å². The minimum absolute atomic E-state index is 0. The minimum Gasteiger partial charge on any atom is -0.508 e. The van der Waals surface area contributed by atoms with E-state index in [-0.39, 0.29) is 29.7 Å². The number of hydrogen-bond acceptors (Lipinski definition) is 3. The fourth-order valence-electron chi connectivity index (χ4n) is 4.05. The van der Waals surface area contributed by atoms with E-state index in [1.807, 2.05) is 6.07 Å². The van der Waals surface area contributed by atoms with Crippen LogP contribution in [0.2, 0.25) is 0 Å². The molecule has 1 aromatic rings. The molecule has 2 N–H and O–H groups in total. The van der Waals surface area contributed by atoms with E-state index >= 15 is 0 Å². The highest BCUT2D eigenvalue weighted by Crippen LogP contribution is 2.45. The molecule has 25 heavy (non-hydrogen) atoms. The first-order valence-electron chi connectivity index (χ1n) is 9.05. The van der Waals surface area contributed by atoms with Crippen molar-refractivity contribution in [2.75, 3.05) is 26.7 Å². The predicted octanol–water partition coefficient (Wildman–Crippen LogP) is 3.75. The Kier molecular flexibility index (Phi) is 7.22. The Morgan fingerprint density at radius 3 is 2.76 bits per heavy atom. The van der Waals surface area contributed by atoms with Crippen LogP contribution in [0.25, 0.3) is 0 Å². The van der Waals surface area contributed by atoms with Crippen LogP contribution in [0.3, 0.4) is 0 Å². The molecule has 3 rings (SSSR count). The van der Waals surface area contributed by atoms with Gasteiger partial charge in [-0.3, -0.25) is 0 Å². The lowest BCUT2D eigenvalue weighted by Crippen LogP contribution is -2.41. The molecule has 5 nitrogen and oxygen atoms in total. The molecule has 2 fully saturated rings. The van der Waals surface area contributed by atoms with Crippen molar-refractivity contribution in [1.29, 1.82) is 0 Å². The van der Waals surface area contributed by atoms with Crippen molar-refractivity contribution in [2.24, 2.45) is 10.4 Å². The molecule has 1 saturated heterocycles. The smallest absolute Gasteiger partial charge is 0.194 e. The quantitative estimate of drug-likeness (QED) is 0.409. The summed E-state index contributed by atoms with van der Waals surface area (Å²) >= 11 is 0. The number of hydrogen-bond donors (Lipinski definition) is 2. The van der Waals surface area contributed by atoms with Crippen LogP contribution in [0.5, 0.6) is 11.5 Å². The number of guanidine groups is 1. The Balaban J connectivity index is 0.00000225. The second kappa shape index (κ2) is 8.96. The Morgan fingerprint density at radius 1 is 1.32 bits per heavy atom. The summed E-state index contributed by atoms with van der Waals surface area (Å²) in [7, 11) is 1.63. The van der Waals surface area contributed by atoms with Gasteiger partial charge in [-0.25, -0.2) is 4.99 Å². The number of nitrogens with one attached hydrogen (secondary N) is 1. The largest absolute Gasteiger partial charge is 0.508 e. The Bertz CT molecular complexity index is 600. The maximum Gasteiger partial charge on any atom is 0.194 e. The molecule has 1 heterocycles. The maximum atomic E-state index is 10.0. The number of halogens is 1. The number of aliphatic imine (C=N–C) groups is 1. The molecular formula is C19H30IN3O2. The van der Waals surface area contributed by atoms with Gasteiger partial charge in [-0.2, -0.15) is 0 Å². The number of rotatable bonds is 4. The van der Waals surface area contributed by atoms with Gasteiger partial charge < -0.3 is 20.1 Å². The van der Waals surface area contributed by atoms with Gasteiger partial charge in [-0.15, -0.1) is 24.0 Å². The number of benzene rings is 1. The van der Waals surface area contributed by atoms with Crippen molar-refractivity contribution in [3.8, 4) is 11.5 Å². The molecule has 140 valence electrons. The highest BCUT2D eigenvalue weighted by molar-refractivity contribution is 14.0. The summed E-state index contributed by atoms with van der Waals surface area (Å²) in [6, 6.07) is 5.28. The fraction of sp³-hybridized carbons (Fsp3) is 0.632. The number of aromatic hydroxyl groups is 1.